The summed E-state index contributed by atoms with van der Waals surface area (Å²) in [5, 5.41) is 0.636. The van der Waals surface area contributed by atoms with Crippen LogP contribution in [-0.4, -0.2) is 32.1 Å². The Kier molecular flexibility index (Phi) is 7.20. The molecule has 0 atom stereocenters. The minimum Gasteiger partial charge on any atom is -0.493 e. The Bertz CT molecular complexity index is 982. The summed E-state index contributed by atoms with van der Waals surface area (Å²) in [6, 6.07) is 20.6. The monoisotopic (exact) mass is 425 g/mol. The fourth-order valence-electron chi connectivity index (χ4n) is 3.08. The van der Waals surface area contributed by atoms with E-state index >= 15 is 0 Å². The topological polar surface area (TPSA) is 48.0 Å². The Hall–Kier alpha value is -3.18. The van der Waals surface area contributed by atoms with E-state index in [4.69, 9.17) is 25.8 Å². The molecule has 0 saturated carbocycles. The summed E-state index contributed by atoms with van der Waals surface area (Å²) in [7, 11) is 4.81. The van der Waals surface area contributed by atoms with E-state index in [0.717, 1.165) is 11.1 Å². The third-order valence-corrected chi connectivity index (χ3v) is 4.82. The molecule has 0 aliphatic rings. The first-order valence-corrected chi connectivity index (χ1v) is 9.82. The molecule has 0 fully saturated rings. The number of benzene rings is 3. The minimum absolute atomic E-state index is 0.166. The normalized spacial score (nSPS) is 10.4. The molecule has 0 radical (unpaired) electrons. The average molecular weight is 426 g/mol. The first-order valence-electron chi connectivity index (χ1n) is 9.44. The van der Waals surface area contributed by atoms with Crippen LogP contribution in [0.25, 0.3) is 0 Å². The van der Waals surface area contributed by atoms with Crippen LogP contribution in [0, 0.1) is 0 Å². The third kappa shape index (κ3) is 5.24. The van der Waals surface area contributed by atoms with Crippen LogP contribution in [0.4, 0.5) is 0 Å². The zero-order valence-corrected chi connectivity index (χ0v) is 18.0. The van der Waals surface area contributed by atoms with Gasteiger partial charge in [-0.2, -0.15) is 0 Å². The van der Waals surface area contributed by atoms with Crippen LogP contribution in [0.3, 0.4) is 0 Å². The van der Waals surface area contributed by atoms with Crippen LogP contribution in [0.2, 0.25) is 5.02 Å². The maximum Gasteiger partial charge on any atom is 0.254 e. The second-order valence-electron chi connectivity index (χ2n) is 6.78. The van der Waals surface area contributed by atoms with Crippen molar-refractivity contribution in [3.8, 4) is 17.2 Å². The molecular weight excluding hydrogens is 402 g/mol. The second kappa shape index (κ2) is 10.0. The quantitative estimate of drug-likeness (QED) is 0.497. The number of methoxy groups -OCH3 is 2. The van der Waals surface area contributed by atoms with Crippen molar-refractivity contribution in [2.24, 2.45) is 0 Å². The number of hydrogen-bond acceptors (Lipinski definition) is 4. The maximum absolute atomic E-state index is 13.0. The second-order valence-corrected chi connectivity index (χ2v) is 7.21. The average Bonchev–Trinajstić information content (AvgIpc) is 2.77. The molecule has 0 spiro atoms. The lowest BCUT2D eigenvalue weighted by molar-refractivity contribution is 0.0784. The van der Waals surface area contributed by atoms with Crippen molar-refractivity contribution in [1.82, 2.24) is 4.90 Å². The smallest absolute Gasteiger partial charge is 0.254 e. The summed E-state index contributed by atoms with van der Waals surface area (Å²) in [5.41, 5.74) is 2.41. The summed E-state index contributed by atoms with van der Waals surface area (Å²) in [4.78, 5) is 14.6. The van der Waals surface area contributed by atoms with E-state index in [1.54, 1.807) is 30.1 Å². The van der Waals surface area contributed by atoms with Gasteiger partial charge in [0.25, 0.3) is 5.91 Å². The molecule has 0 aliphatic carbocycles. The third-order valence-electron chi connectivity index (χ3n) is 4.59. The largest absolute Gasteiger partial charge is 0.493 e. The zero-order valence-electron chi connectivity index (χ0n) is 17.2. The van der Waals surface area contributed by atoms with Gasteiger partial charge >= 0.3 is 0 Å². The Labute approximate surface area is 181 Å². The molecule has 30 heavy (non-hydrogen) atoms. The van der Waals surface area contributed by atoms with E-state index in [0.29, 0.717) is 41.0 Å². The molecule has 3 aromatic carbocycles. The summed E-state index contributed by atoms with van der Waals surface area (Å²) >= 11 is 6.05. The van der Waals surface area contributed by atoms with Gasteiger partial charge in [-0.05, 0) is 35.4 Å². The Morgan fingerprint density at radius 1 is 0.900 bits per heavy atom. The van der Waals surface area contributed by atoms with Gasteiger partial charge in [-0.3, -0.25) is 4.79 Å². The van der Waals surface area contributed by atoms with Gasteiger partial charge in [0.05, 0.1) is 14.2 Å². The first kappa shape index (κ1) is 21.5. The number of ether oxygens (including phenoxy) is 3. The number of carbonyl (C=O) groups is 1. The van der Waals surface area contributed by atoms with E-state index in [-0.39, 0.29) is 5.91 Å². The molecule has 0 aromatic heterocycles. The summed E-state index contributed by atoms with van der Waals surface area (Å²) < 4.78 is 16.9. The standard InChI is InChI=1S/C24H24ClNO4/c1-26(15-18-10-7-11-20(25)12-18)24(27)19-13-21(28-2)23(22(14-19)29-3)30-16-17-8-5-4-6-9-17/h4-14H,15-16H2,1-3H3. The van der Waals surface area contributed by atoms with E-state index in [1.165, 1.54) is 14.2 Å². The molecular formula is C24H24ClNO4. The molecule has 3 aromatic rings. The maximum atomic E-state index is 13.0. The molecule has 0 unspecified atom stereocenters. The highest BCUT2D eigenvalue weighted by Gasteiger charge is 2.20. The first-order chi connectivity index (χ1) is 14.5. The molecule has 0 bridgehead atoms. The van der Waals surface area contributed by atoms with Crippen molar-refractivity contribution in [3.63, 3.8) is 0 Å². The molecule has 0 aliphatic heterocycles. The van der Waals surface area contributed by atoms with Gasteiger partial charge in [0.1, 0.15) is 6.61 Å². The van der Waals surface area contributed by atoms with Gasteiger partial charge in [0.2, 0.25) is 5.75 Å². The van der Waals surface area contributed by atoms with Gasteiger partial charge in [-0.25, -0.2) is 0 Å². The summed E-state index contributed by atoms with van der Waals surface area (Å²) in [5.74, 6) is 1.16. The minimum atomic E-state index is -0.166. The van der Waals surface area contributed by atoms with Gasteiger partial charge in [0.15, 0.2) is 11.5 Å². The van der Waals surface area contributed by atoms with E-state index in [9.17, 15) is 4.79 Å². The molecule has 0 saturated heterocycles. The van der Waals surface area contributed by atoms with E-state index < -0.39 is 0 Å². The number of rotatable bonds is 8. The van der Waals surface area contributed by atoms with Crippen molar-refractivity contribution >= 4 is 17.5 Å². The number of hydrogen-bond donors (Lipinski definition) is 0. The fraction of sp³-hybridized carbons (Fsp3) is 0.208. The van der Waals surface area contributed by atoms with Gasteiger partial charge in [0, 0.05) is 24.2 Å². The number of carbonyl (C=O) groups excluding carboxylic acids is 1. The van der Waals surface area contributed by atoms with Gasteiger partial charge in [-0.15, -0.1) is 0 Å². The van der Waals surface area contributed by atoms with Crippen molar-refractivity contribution in [1.29, 1.82) is 0 Å². The highest BCUT2D eigenvalue weighted by Crippen LogP contribution is 2.39. The van der Waals surface area contributed by atoms with Crippen molar-refractivity contribution in [2.75, 3.05) is 21.3 Å². The lowest BCUT2D eigenvalue weighted by atomic mass is 10.1. The molecule has 0 heterocycles. The van der Waals surface area contributed by atoms with Crippen molar-refractivity contribution in [3.05, 3.63) is 88.4 Å². The molecule has 1 amide bonds. The van der Waals surface area contributed by atoms with Crippen LogP contribution < -0.4 is 14.2 Å². The highest BCUT2D eigenvalue weighted by molar-refractivity contribution is 6.30. The number of halogens is 1. The lowest BCUT2D eigenvalue weighted by Gasteiger charge is -2.20. The molecule has 5 nitrogen and oxygen atoms in total. The number of amides is 1. The van der Waals surface area contributed by atoms with Crippen LogP contribution in [0.15, 0.2) is 66.7 Å². The van der Waals surface area contributed by atoms with Crippen LogP contribution in [-0.2, 0) is 13.2 Å². The van der Waals surface area contributed by atoms with Crippen molar-refractivity contribution < 1.29 is 19.0 Å². The Morgan fingerprint density at radius 2 is 1.53 bits per heavy atom. The predicted molar refractivity (Wildman–Crippen MR) is 118 cm³/mol. The van der Waals surface area contributed by atoms with Crippen LogP contribution in [0.5, 0.6) is 17.2 Å². The van der Waals surface area contributed by atoms with Crippen LogP contribution in [0.1, 0.15) is 21.5 Å². The lowest BCUT2D eigenvalue weighted by Crippen LogP contribution is -2.26. The van der Waals surface area contributed by atoms with Gasteiger partial charge < -0.3 is 19.1 Å². The Balaban J connectivity index is 1.81. The molecule has 6 heteroatoms. The van der Waals surface area contributed by atoms with E-state index in [2.05, 4.69) is 0 Å². The number of nitrogens with zero attached hydrogens (tertiary/aromatic N) is 1. The summed E-state index contributed by atoms with van der Waals surface area (Å²) in [6.07, 6.45) is 0. The highest BCUT2D eigenvalue weighted by atomic mass is 35.5. The molecule has 0 N–H and O–H groups in total. The fourth-order valence-corrected chi connectivity index (χ4v) is 3.29. The molecule has 3 rings (SSSR count). The zero-order chi connectivity index (χ0) is 21.5. The Morgan fingerprint density at radius 3 is 2.13 bits per heavy atom. The van der Waals surface area contributed by atoms with Crippen molar-refractivity contribution in [2.45, 2.75) is 13.2 Å². The van der Waals surface area contributed by atoms with Crippen LogP contribution >= 0.6 is 11.6 Å². The van der Waals surface area contributed by atoms with E-state index in [1.807, 2.05) is 48.5 Å². The van der Waals surface area contributed by atoms with Gasteiger partial charge in [-0.1, -0.05) is 54.1 Å². The predicted octanol–water partition coefficient (Wildman–Crippen LogP) is 5.21. The SMILES string of the molecule is COc1cc(C(=O)N(C)Cc2cccc(Cl)c2)cc(OC)c1OCc1ccccc1. The summed E-state index contributed by atoms with van der Waals surface area (Å²) in [6.45, 7) is 0.784. The molecule has 156 valence electrons.